The van der Waals surface area contributed by atoms with E-state index >= 15 is 0 Å². The second-order valence-corrected chi connectivity index (χ2v) is 8.47. The van der Waals surface area contributed by atoms with Crippen LogP contribution in [0.3, 0.4) is 0 Å². The van der Waals surface area contributed by atoms with Crippen LogP contribution < -0.4 is 9.47 Å². The van der Waals surface area contributed by atoms with Gasteiger partial charge in [0, 0.05) is 35.1 Å². The van der Waals surface area contributed by atoms with Crippen LogP contribution >= 0.6 is 0 Å². The molecule has 3 aromatic carbocycles. The summed E-state index contributed by atoms with van der Waals surface area (Å²) in [5.74, 6) is -5.76. The number of aliphatic hydroxyl groups excluding tert-OH is 1. The summed E-state index contributed by atoms with van der Waals surface area (Å²) in [4.78, 5) is 12.3. The van der Waals surface area contributed by atoms with Gasteiger partial charge < -0.3 is 50.3 Å². The number of hydrogen-bond donors (Lipinski definition) is 8. The number of hydrogen-bond acceptors (Lipinski definition) is 11. The molecule has 2 aliphatic heterocycles. The fourth-order valence-electron chi connectivity index (χ4n) is 4.57. The number of rotatable bonds is 2. The first-order valence-electron chi connectivity index (χ1n) is 10.5. The molecule has 0 bridgehead atoms. The summed E-state index contributed by atoms with van der Waals surface area (Å²) in [7, 11) is 0. The highest BCUT2D eigenvalue weighted by Gasteiger charge is 2.40. The van der Waals surface area contributed by atoms with Crippen molar-refractivity contribution in [2.24, 2.45) is 0 Å². The van der Waals surface area contributed by atoms with Crippen molar-refractivity contribution in [3.63, 3.8) is 0 Å². The molecule has 0 aliphatic carbocycles. The van der Waals surface area contributed by atoms with Crippen LogP contribution in [0.2, 0.25) is 0 Å². The largest absolute Gasteiger partial charge is 0.507 e. The Balaban J connectivity index is 1.68. The van der Waals surface area contributed by atoms with Gasteiger partial charge in [-0.25, -0.2) is 0 Å². The maximum atomic E-state index is 12.3. The standard InChI is InChI=1S/C24H20O11/c25-12-7-18-20(10(6-19(31)34-18)8-1-13(26)21(32)14(27)2-8)24-11(12)5-17(30)23(35-24)9-3-15(28)22(33)16(29)4-9/h1-4,7,10,17,23,25-30,32-33H,5-6H2/t10-,17-,23-/m0/s1. The summed E-state index contributed by atoms with van der Waals surface area (Å²) in [6, 6.07) is 5.76. The summed E-state index contributed by atoms with van der Waals surface area (Å²) in [6.45, 7) is 0. The van der Waals surface area contributed by atoms with Gasteiger partial charge in [0.1, 0.15) is 17.2 Å². The Kier molecular flexibility index (Phi) is 4.95. The van der Waals surface area contributed by atoms with Crippen molar-refractivity contribution >= 4 is 5.97 Å². The summed E-state index contributed by atoms with van der Waals surface area (Å²) in [6.07, 6.45) is -2.74. The molecule has 8 N–H and O–H groups in total. The van der Waals surface area contributed by atoms with Gasteiger partial charge in [0.25, 0.3) is 0 Å². The molecule has 182 valence electrons. The first kappa shape index (κ1) is 22.3. The minimum atomic E-state index is -1.24. The predicted octanol–water partition coefficient (Wildman–Crippen LogP) is 2.10. The first-order valence-corrected chi connectivity index (χ1v) is 10.5. The molecular weight excluding hydrogens is 464 g/mol. The topological polar surface area (TPSA) is 197 Å². The third-order valence-electron chi connectivity index (χ3n) is 6.23. The monoisotopic (exact) mass is 484 g/mol. The van der Waals surface area contributed by atoms with Crippen LogP contribution in [-0.2, 0) is 11.2 Å². The molecule has 0 fully saturated rings. The van der Waals surface area contributed by atoms with Gasteiger partial charge in [0.05, 0.1) is 12.5 Å². The van der Waals surface area contributed by atoms with Gasteiger partial charge in [-0.05, 0) is 29.8 Å². The Bertz CT molecular complexity index is 1330. The number of aliphatic hydroxyl groups is 1. The van der Waals surface area contributed by atoms with Crippen molar-refractivity contribution in [2.75, 3.05) is 0 Å². The molecule has 0 radical (unpaired) electrons. The number of aromatic hydroxyl groups is 7. The fraction of sp³-hybridized carbons (Fsp3) is 0.208. The fourth-order valence-corrected chi connectivity index (χ4v) is 4.57. The number of phenols is 7. The highest BCUT2D eigenvalue weighted by Crippen LogP contribution is 2.54. The zero-order valence-electron chi connectivity index (χ0n) is 17.8. The van der Waals surface area contributed by atoms with E-state index in [-0.39, 0.29) is 52.3 Å². The Labute approximate surface area is 196 Å². The highest BCUT2D eigenvalue weighted by molar-refractivity contribution is 5.80. The number of fused-ring (bicyclic) bond motifs is 3. The number of carbonyl (C=O) groups is 1. The summed E-state index contributed by atoms with van der Waals surface area (Å²) < 4.78 is 11.4. The quantitative estimate of drug-likeness (QED) is 0.151. The third-order valence-corrected chi connectivity index (χ3v) is 6.23. The van der Waals surface area contributed by atoms with E-state index in [9.17, 15) is 45.6 Å². The average molecular weight is 484 g/mol. The highest BCUT2D eigenvalue weighted by atomic mass is 16.5. The van der Waals surface area contributed by atoms with Crippen LogP contribution in [0.25, 0.3) is 0 Å². The van der Waals surface area contributed by atoms with E-state index in [1.165, 1.54) is 18.2 Å². The molecule has 11 nitrogen and oxygen atoms in total. The lowest BCUT2D eigenvalue weighted by Crippen LogP contribution is -2.32. The van der Waals surface area contributed by atoms with E-state index in [4.69, 9.17) is 9.47 Å². The molecule has 2 aliphatic rings. The lowest BCUT2D eigenvalue weighted by molar-refractivity contribution is -0.135. The van der Waals surface area contributed by atoms with E-state index in [2.05, 4.69) is 0 Å². The summed E-state index contributed by atoms with van der Waals surface area (Å²) >= 11 is 0. The first-order chi connectivity index (χ1) is 16.5. The lowest BCUT2D eigenvalue weighted by Gasteiger charge is -2.36. The molecule has 11 heteroatoms. The van der Waals surface area contributed by atoms with E-state index in [0.29, 0.717) is 0 Å². The second kappa shape index (κ2) is 7.77. The van der Waals surface area contributed by atoms with Crippen molar-refractivity contribution in [3.05, 3.63) is 52.6 Å². The molecule has 0 unspecified atom stereocenters. The number of benzene rings is 3. The van der Waals surface area contributed by atoms with Gasteiger partial charge in [-0.3, -0.25) is 4.79 Å². The van der Waals surface area contributed by atoms with E-state index in [1.807, 2.05) is 0 Å². The molecule has 2 heterocycles. The molecule has 3 aromatic rings. The molecule has 35 heavy (non-hydrogen) atoms. The van der Waals surface area contributed by atoms with Crippen molar-refractivity contribution in [1.29, 1.82) is 0 Å². The van der Waals surface area contributed by atoms with Crippen molar-refractivity contribution < 1.29 is 55.1 Å². The Hall–Kier alpha value is -4.51. The maximum absolute atomic E-state index is 12.3. The van der Waals surface area contributed by atoms with E-state index in [0.717, 1.165) is 12.1 Å². The van der Waals surface area contributed by atoms with Gasteiger partial charge in [-0.15, -0.1) is 0 Å². The second-order valence-electron chi connectivity index (χ2n) is 8.47. The van der Waals surface area contributed by atoms with Crippen molar-refractivity contribution in [2.45, 2.75) is 31.0 Å². The Morgan fingerprint density at radius 2 is 1.26 bits per heavy atom. The average Bonchev–Trinajstić information content (AvgIpc) is 2.79. The molecule has 0 amide bonds. The smallest absolute Gasteiger partial charge is 0.312 e. The molecule has 0 aromatic heterocycles. The van der Waals surface area contributed by atoms with Gasteiger partial charge in [-0.2, -0.15) is 0 Å². The predicted molar refractivity (Wildman–Crippen MR) is 116 cm³/mol. The molecule has 5 rings (SSSR count). The minimum Gasteiger partial charge on any atom is -0.507 e. The van der Waals surface area contributed by atoms with Gasteiger partial charge in [0.2, 0.25) is 0 Å². The van der Waals surface area contributed by atoms with E-state index < -0.39 is 58.6 Å². The molecule has 0 saturated carbocycles. The number of ether oxygens (including phenoxy) is 2. The Morgan fingerprint density at radius 3 is 1.83 bits per heavy atom. The lowest BCUT2D eigenvalue weighted by atomic mass is 9.82. The molecule has 0 spiro atoms. The van der Waals surface area contributed by atoms with Crippen LogP contribution in [0.5, 0.6) is 51.7 Å². The number of esters is 1. The molecular formula is C24H20O11. The SMILES string of the molecule is O=C1C[C@@H](c2cc(O)c(O)c(O)c2)c2c(cc(O)c3c2O[C@@H](c2cc(O)c(O)c(O)c2)[C@@H](O)C3)O1. The normalized spacial score (nSPS) is 20.9. The summed E-state index contributed by atoms with van der Waals surface area (Å²) in [5.41, 5.74) is 0.855. The van der Waals surface area contributed by atoms with Gasteiger partial charge >= 0.3 is 5.97 Å². The Morgan fingerprint density at radius 1 is 0.714 bits per heavy atom. The van der Waals surface area contributed by atoms with Crippen LogP contribution in [-0.4, -0.2) is 52.9 Å². The van der Waals surface area contributed by atoms with Gasteiger partial charge in [-0.1, -0.05) is 0 Å². The number of carbonyl (C=O) groups excluding carboxylic acids is 1. The van der Waals surface area contributed by atoms with Crippen molar-refractivity contribution in [1.82, 2.24) is 0 Å². The zero-order valence-corrected chi connectivity index (χ0v) is 17.8. The van der Waals surface area contributed by atoms with Gasteiger partial charge in [0.15, 0.2) is 40.6 Å². The number of phenolic OH excluding ortho intramolecular Hbond substituents is 7. The molecule has 3 atom stereocenters. The van der Waals surface area contributed by atoms with Crippen LogP contribution in [0.1, 0.15) is 40.7 Å². The van der Waals surface area contributed by atoms with Crippen LogP contribution in [0.4, 0.5) is 0 Å². The molecule has 0 saturated heterocycles. The van der Waals surface area contributed by atoms with Crippen LogP contribution in [0.15, 0.2) is 30.3 Å². The summed E-state index contributed by atoms with van der Waals surface area (Å²) in [5, 5.41) is 80.5. The maximum Gasteiger partial charge on any atom is 0.312 e. The third kappa shape index (κ3) is 3.53. The van der Waals surface area contributed by atoms with Crippen molar-refractivity contribution in [3.8, 4) is 51.7 Å². The zero-order chi connectivity index (χ0) is 25.2. The van der Waals surface area contributed by atoms with Crippen LogP contribution in [0, 0.1) is 0 Å². The van der Waals surface area contributed by atoms with E-state index in [1.54, 1.807) is 0 Å². The minimum absolute atomic E-state index is 0.0407.